The molecule has 0 unspecified atom stereocenters. The first kappa shape index (κ1) is 18.6. The van der Waals surface area contributed by atoms with E-state index < -0.39 is 10.1 Å². The fourth-order valence-electron chi connectivity index (χ4n) is 4.64. The van der Waals surface area contributed by atoms with Gasteiger partial charge in [0.1, 0.15) is 0 Å². The van der Waals surface area contributed by atoms with Gasteiger partial charge in [-0.3, -0.25) is 4.18 Å². The quantitative estimate of drug-likeness (QED) is 0.755. The van der Waals surface area contributed by atoms with Crippen molar-refractivity contribution in [2.24, 2.45) is 11.8 Å². The summed E-state index contributed by atoms with van der Waals surface area (Å²) in [5, 5.41) is 9.50. The van der Waals surface area contributed by atoms with Gasteiger partial charge in [0.15, 0.2) is 0 Å². The van der Waals surface area contributed by atoms with Gasteiger partial charge in [-0.05, 0) is 38.5 Å². The van der Waals surface area contributed by atoms with E-state index in [4.69, 9.17) is 13.7 Å². The third kappa shape index (κ3) is 4.69. The zero-order valence-corrected chi connectivity index (χ0v) is 15.2. The molecule has 4 fully saturated rings. The summed E-state index contributed by atoms with van der Waals surface area (Å²) in [4.78, 5) is 0. The summed E-state index contributed by atoms with van der Waals surface area (Å²) in [6.45, 7) is 1.39. The number of hydrogen-bond donors (Lipinski definition) is 1. The Morgan fingerprint density at radius 3 is 2.08 bits per heavy atom. The Morgan fingerprint density at radius 1 is 0.875 bits per heavy atom. The molecule has 0 bridgehead atoms. The maximum absolute atomic E-state index is 11.0. The van der Waals surface area contributed by atoms with Gasteiger partial charge in [-0.15, -0.1) is 0 Å². The van der Waals surface area contributed by atoms with Crippen molar-refractivity contribution in [3.8, 4) is 0 Å². The standard InChI is InChI=1S/C9H16O4S.C8H14O2/c1-14(10,11)13-9-5-6-12-8-4-2-3-7(8)9;9-7-4-5-10-8-3-1-2-6(7)8/h7-9H,2-6H2,1H3;6-9H,1-5H2/t7-,8-,9+;6-,7-,8+/m01/s1. The molecule has 0 aromatic carbocycles. The van der Waals surface area contributed by atoms with Crippen LogP contribution in [0.15, 0.2) is 0 Å². The van der Waals surface area contributed by atoms with E-state index >= 15 is 0 Å². The Labute approximate surface area is 145 Å². The highest BCUT2D eigenvalue weighted by Crippen LogP contribution is 2.37. The molecule has 2 aliphatic carbocycles. The molecule has 2 heterocycles. The normalized spacial score (nSPS) is 41.9. The highest BCUT2D eigenvalue weighted by molar-refractivity contribution is 7.86. The van der Waals surface area contributed by atoms with Crippen LogP contribution >= 0.6 is 0 Å². The monoisotopic (exact) mass is 362 g/mol. The van der Waals surface area contributed by atoms with Crippen molar-refractivity contribution in [1.82, 2.24) is 0 Å². The predicted molar refractivity (Wildman–Crippen MR) is 89.1 cm³/mol. The second-order valence-electron chi connectivity index (χ2n) is 7.49. The van der Waals surface area contributed by atoms with Crippen LogP contribution in [0, 0.1) is 11.8 Å². The zero-order chi connectivity index (χ0) is 17.2. The van der Waals surface area contributed by atoms with Gasteiger partial charge in [-0.1, -0.05) is 12.8 Å². The Balaban J connectivity index is 0.000000149. The lowest BCUT2D eigenvalue weighted by Gasteiger charge is -2.32. The zero-order valence-electron chi connectivity index (χ0n) is 14.4. The van der Waals surface area contributed by atoms with E-state index in [1.54, 1.807) is 0 Å². The topological polar surface area (TPSA) is 82.1 Å². The first-order valence-electron chi connectivity index (χ1n) is 9.23. The number of hydrogen-bond acceptors (Lipinski definition) is 6. The van der Waals surface area contributed by atoms with E-state index in [2.05, 4.69) is 0 Å². The minimum atomic E-state index is -3.32. The van der Waals surface area contributed by atoms with Crippen molar-refractivity contribution in [3.63, 3.8) is 0 Å². The second-order valence-corrected chi connectivity index (χ2v) is 9.09. The van der Waals surface area contributed by atoms with Crippen LogP contribution in [0.1, 0.15) is 51.4 Å². The van der Waals surface area contributed by atoms with Gasteiger partial charge in [-0.2, -0.15) is 8.42 Å². The average molecular weight is 362 g/mol. The van der Waals surface area contributed by atoms with E-state index in [-0.39, 0.29) is 18.3 Å². The molecular weight excluding hydrogens is 332 g/mol. The summed E-state index contributed by atoms with van der Waals surface area (Å²) < 4.78 is 38.2. The van der Waals surface area contributed by atoms with Gasteiger partial charge in [0.05, 0.1) is 30.7 Å². The van der Waals surface area contributed by atoms with Crippen molar-refractivity contribution in [2.45, 2.75) is 75.8 Å². The van der Waals surface area contributed by atoms with Crippen molar-refractivity contribution < 1.29 is 27.2 Å². The van der Waals surface area contributed by atoms with E-state index in [9.17, 15) is 13.5 Å². The van der Waals surface area contributed by atoms with Gasteiger partial charge in [0.25, 0.3) is 10.1 Å². The summed E-state index contributed by atoms with van der Waals surface area (Å²) in [5.74, 6) is 0.757. The van der Waals surface area contributed by atoms with E-state index in [1.165, 1.54) is 19.3 Å². The number of fused-ring (bicyclic) bond motifs is 2. The van der Waals surface area contributed by atoms with Crippen LogP contribution in [0.3, 0.4) is 0 Å². The van der Waals surface area contributed by atoms with Crippen molar-refractivity contribution in [2.75, 3.05) is 19.5 Å². The molecular formula is C17H30O6S. The minimum absolute atomic E-state index is 0.0683. The van der Waals surface area contributed by atoms with E-state index in [0.717, 1.165) is 38.5 Å². The van der Waals surface area contributed by atoms with Crippen LogP contribution in [-0.4, -0.2) is 57.4 Å². The molecule has 140 valence electrons. The highest BCUT2D eigenvalue weighted by atomic mass is 32.2. The lowest BCUT2D eigenvalue weighted by molar-refractivity contribution is -0.0765. The summed E-state index contributed by atoms with van der Waals surface area (Å²) in [6, 6.07) is 0. The van der Waals surface area contributed by atoms with Gasteiger partial charge >= 0.3 is 0 Å². The molecule has 0 amide bonds. The Morgan fingerprint density at radius 2 is 1.46 bits per heavy atom. The van der Waals surface area contributed by atoms with Crippen molar-refractivity contribution >= 4 is 10.1 Å². The maximum Gasteiger partial charge on any atom is 0.264 e. The van der Waals surface area contributed by atoms with Crippen LogP contribution in [0.2, 0.25) is 0 Å². The van der Waals surface area contributed by atoms with Gasteiger partial charge in [0.2, 0.25) is 0 Å². The predicted octanol–water partition coefficient (Wildman–Crippen LogP) is 1.86. The van der Waals surface area contributed by atoms with Crippen LogP contribution in [0.5, 0.6) is 0 Å². The minimum Gasteiger partial charge on any atom is -0.393 e. The smallest absolute Gasteiger partial charge is 0.264 e. The molecule has 6 atom stereocenters. The Kier molecular flexibility index (Phi) is 6.19. The van der Waals surface area contributed by atoms with Crippen LogP contribution in [-0.2, 0) is 23.8 Å². The molecule has 1 N–H and O–H groups in total. The molecule has 0 aromatic rings. The third-order valence-electron chi connectivity index (χ3n) is 5.76. The molecule has 7 heteroatoms. The lowest BCUT2D eigenvalue weighted by atomic mass is 9.94. The lowest BCUT2D eigenvalue weighted by Crippen LogP contribution is -2.38. The second kappa shape index (κ2) is 7.99. The number of ether oxygens (including phenoxy) is 2. The summed E-state index contributed by atoms with van der Waals surface area (Å²) in [5.41, 5.74) is 0. The summed E-state index contributed by atoms with van der Waals surface area (Å²) >= 11 is 0. The SMILES string of the molecule is CS(=O)(=O)O[C@@H]1CCO[C@H]2CCC[C@@H]21.O[C@@H]1CCO[C@H]2CCC[C@H]12. The van der Waals surface area contributed by atoms with Crippen LogP contribution < -0.4 is 0 Å². The molecule has 2 saturated carbocycles. The van der Waals surface area contributed by atoms with Crippen molar-refractivity contribution in [3.05, 3.63) is 0 Å². The Bertz CT molecular complexity index is 507. The number of aliphatic hydroxyl groups is 1. The van der Waals surface area contributed by atoms with Gasteiger partial charge in [0, 0.05) is 25.0 Å². The fraction of sp³-hybridized carbons (Fsp3) is 1.00. The molecule has 2 aliphatic heterocycles. The average Bonchev–Trinajstić information content (AvgIpc) is 3.16. The largest absolute Gasteiger partial charge is 0.393 e. The molecule has 2 saturated heterocycles. The molecule has 0 aromatic heterocycles. The van der Waals surface area contributed by atoms with Gasteiger partial charge in [-0.25, -0.2) is 0 Å². The van der Waals surface area contributed by atoms with Crippen LogP contribution in [0.4, 0.5) is 0 Å². The van der Waals surface area contributed by atoms with E-state index in [0.29, 0.717) is 31.0 Å². The molecule has 0 radical (unpaired) electrons. The highest BCUT2D eigenvalue weighted by Gasteiger charge is 2.39. The molecule has 24 heavy (non-hydrogen) atoms. The molecule has 4 aliphatic rings. The molecule has 0 spiro atoms. The van der Waals surface area contributed by atoms with Crippen LogP contribution in [0.25, 0.3) is 0 Å². The summed E-state index contributed by atoms with van der Waals surface area (Å²) in [6.07, 6.45) is 9.87. The first-order valence-corrected chi connectivity index (χ1v) is 11.1. The Hall–Kier alpha value is -0.210. The third-order valence-corrected chi connectivity index (χ3v) is 6.35. The number of rotatable bonds is 2. The van der Waals surface area contributed by atoms with Crippen molar-refractivity contribution in [1.29, 1.82) is 0 Å². The number of aliphatic hydroxyl groups excluding tert-OH is 1. The fourth-order valence-corrected chi connectivity index (χ4v) is 5.32. The molecule has 6 nitrogen and oxygen atoms in total. The first-order chi connectivity index (χ1) is 11.4. The maximum atomic E-state index is 11.0. The summed E-state index contributed by atoms with van der Waals surface area (Å²) in [7, 11) is -3.32. The van der Waals surface area contributed by atoms with E-state index in [1.807, 2.05) is 0 Å². The van der Waals surface area contributed by atoms with Gasteiger partial charge < -0.3 is 14.6 Å². The molecule has 4 rings (SSSR count).